The predicted molar refractivity (Wildman–Crippen MR) is 145 cm³/mol. The fraction of sp³-hybridized carbons (Fsp3) is 0.346. The Labute approximate surface area is 223 Å². The van der Waals surface area contributed by atoms with Crippen molar-refractivity contribution in [1.29, 1.82) is 0 Å². The number of aryl methyl sites for hydroxylation is 2. The number of aromatic amines is 1. The number of aliphatic hydroxyl groups is 1. The topological polar surface area (TPSA) is 124 Å². The zero-order valence-electron chi connectivity index (χ0n) is 20.6. The number of halogens is 1. The van der Waals surface area contributed by atoms with Crippen molar-refractivity contribution in [2.45, 2.75) is 26.4 Å². The number of amides is 2. The van der Waals surface area contributed by atoms with Crippen molar-refractivity contribution in [3.63, 3.8) is 0 Å². The average molecular weight is 545 g/mol. The molecule has 0 aliphatic carbocycles. The molecule has 1 atom stereocenters. The van der Waals surface area contributed by atoms with Gasteiger partial charge in [-0.2, -0.15) is 0 Å². The molecule has 11 heteroatoms. The molecule has 37 heavy (non-hydrogen) atoms. The third-order valence-corrected chi connectivity index (χ3v) is 7.39. The van der Waals surface area contributed by atoms with Crippen molar-refractivity contribution in [2.75, 3.05) is 37.7 Å². The maximum Gasteiger partial charge on any atom is 0.414 e. The average Bonchev–Trinajstić information content (AvgIpc) is 3.46. The minimum absolute atomic E-state index is 0.0351. The number of anilines is 1. The first-order chi connectivity index (χ1) is 17.8. The fourth-order valence-electron chi connectivity index (χ4n) is 4.50. The van der Waals surface area contributed by atoms with Crippen molar-refractivity contribution in [3.05, 3.63) is 72.8 Å². The Bertz CT molecular complexity index is 1330. The number of carbonyl (C=O) groups is 2. The number of benzene rings is 1. The van der Waals surface area contributed by atoms with Crippen molar-refractivity contribution >= 4 is 40.6 Å². The second-order valence-corrected chi connectivity index (χ2v) is 10.5. The predicted octanol–water partition coefficient (Wildman–Crippen LogP) is 3.25. The molecule has 1 aliphatic rings. The number of cyclic esters (lactones) is 1. The number of rotatable bonds is 10. The summed E-state index contributed by atoms with van der Waals surface area (Å²) in [5.74, 6) is -0.261. The molecule has 1 aliphatic heterocycles. The largest absolute Gasteiger partial charge is 0.442 e. The minimum Gasteiger partial charge on any atom is -0.442 e. The van der Waals surface area contributed by atoms with Crippen LogP contribution in [0.2, 0.25) is 4.34 Å². The van der Waals surface area contributed by atoms with Gasteiger partial charge in [0, 0.05) is 24.0 Å². The maximum atomic E-state index is 12.7. The first kappa shape index (κ1) is 26.9. The van der Waals surface area contributed by atoms with Crippen LogP contribution < -0.4 is 21.1 Å². The Morgan fingerprint density at radius 1 is 1.22 bits per heavy atom. The third-order valence-electron chi connectivity index (χ3n) is 6.16. The maximum absolute atomic E-state index is 12.7. The van der Waals surface area contributed by atoms with Crippen molar-refractivity contribution < 1.29 is 19.4 Å². The van der Waals surface area contributed by atoms with Crippen LogP contribution in [-0.4, -0.2) is 61.0 Å². The number of hydrogen-bond donors (Lipinski definition) is 4. The summed E-state index contributed by atoms with van der Waals surface area (Å²) in [6.45, 7) is 5.45. The van der Waals surface area contributed by atoms with Gasteiger partial charge in [0.1, 0.15) is 6.10 Å². The van der Waals surface area contributed by atoms with Crippen LogP contribution in [0, 0.1) is 13.8 Å². The molecule has 2 aromatic heterocycles. The van der Waals surface area contributed by atoms with Gasteiger partial charge in [-0.15, -0.1) is 11.3 Å². The number of thiophene rings is 1. The summed E-state index contributed by atoms with van der Waals surface area (Å²) in [7, 11) is 0. The Kier molecular flexibility index (Phi) is 8.65. The highest BCUT2D eigenvalue weighted by atomic mass is 35.5. The van der Waals surface area contributed by atoms with Crippen molar-refractivity contribution in [3.8, 4) is 11.1 Å². The third kappa shape index (κ3) is 6.22. The zero-order chi connectivity index (χ0) is 26.5. The number of H-pyrrole nitrogens is 1. The van der Waals surface area contributed by atoms with Gasteiger partial charge in [-0.05, 0) is 79.4 Å². The molecule has 0 saturated carbocycles. The van der Waals surface area contributed by atoms with Gasteiger partial charge >= 0.3 is 6.09 Å². The summed E-state index contributed by atoms with van der Waals surface area (Å²) >= 11 is 7.09. The van der Waals surface area contributed by atoms with E-state index in [4.69, 9.17) is 21.4 Å². The molecule has 3 heterocycles. The molecule has 1 fully saturated rings. The Morgan fingerprint density at radius 2 is 1.97 bits per heavy atom. The molecule has 0 radical (unpaired) electrons. The van der Waals surface area contributed by atoms with Gasteiger partial charge in [-0.3, -0.25) is 14.5 Å². The van der Waals surface area contributed by atoms with Crippen molar-refractivity contribution in [2.24, 2.45) is 0 Å². The van der Waals surface area contributed by atoms with Gasteiger partial charge in [-0.25, -0.2) is 4.79 Å². The summed E-state index contributed by atoms with van der Waals surface area (Å²) in [4.78, 5) is 42.4. The lowest BCUT2D eigenvalue weighted by molar-refractivity contribution is 0.0920. The standard InChI is InChI=1S/C26H29ClN4O5S/c1-15-11-17(31-14-18(36-26(31)35)13-30-25(34)21-3-4-22(27)37-21)12-16(2)23(15)19-6-8-29-24(33)20(19)5-7-28-9-10-32/h3-4,6,8,11-12,18,28,32H,5,7,9-10,13-14H2,1-2H3,(H,29,33)(H,30,34)/t18-/m0/s1. The molecular formula is C26H29ClN4O5S. The highest BCUT2D eigenvalue weighted by molar-refractivity contribution is 7.18. The van der Waals surface area contributed by atoms with E-state index in [0.29, 0.717) is 46.5 Å². The summed E-state index contributed by atoms with van der Waals surface area (Å²) < 4.78 is 6.02. The van der Waals surface area contributed by atoms with Crippen LogP contribution in [0.4, 0.5) is 10.5 Å². The van der Waals surface area contributed by atoms with E-state index in [0.717, 1.165) is 22.3 Å². The SMILES string of the molecule is Cc1cc(N2C[C@H](CNC(=O)c3ccc(Cl)s3)OC2=O)cc(C)c1-c1cc[nH]c(=O)c1CCNCCO. The van der Waals surface area contributed by atoms with Gasteiger partial charge in [0.15, 0.2) is 0 Å². The van der Waals surface area contributed by atoms with E-state index in [9.17, 15) is 14.4 Å². The van der Waals surface area contributed by atoms with E-state index < -0.39 is 12.2 Å². The molecule has 3 aromatic rings. The van der Waals surface area contributed by atoms with Crippen LogP contribution >= 0.6 is 22.9 Å². The molecule has 1 aromatic carbocycles. The summed E-state index contributed by atoms with van der Waals surface area (Å²) in [5.41, 5.74) is 4.83. The van der Waals surface area contributed by atoms with Crippen molar-refractivity contribution in [1.82, 2.24) is 15.6 Å². The molecule has 196 valence electrons. The minimum atomic E-state index is -0.488. The highest BCUT2D eigenvalue weighted by Crippen LogP contribution is 2.34. The molecule has 4 rings (SSSR count). The normalized spacial score (nSPS) is 15.2. The second kappa shape index (κ2) is 11.9. The van der Waals surface area contributed by atoms with Crippen LogP contribution in [0.5, 0.6) is 0 Å². The van der Waals surface area contributed by atoms with E-state index in [1.165, 1.54) is 11.3 Å². The van der Waals surface area contributed by atoms with Crippen LogP contribution in [-0.2, 0) is 11.2 Å². The number of pyridine rings is 1. The fourth-order valence-corrected chi connectivity index (χ4v) is 5.46. The first-order valence-electron chi connectivity index (χ1n) is 11.9. The van der Waals surface area contributed by atoms with Crippen LogP contribution in [0.1, 0.15) is 26.4 Å². The quantitative estimate of drug-likeness (QED) is 0.290. The van der Waals surface area contributed by atoms with E-state index in [1.807, 2.05) is 32.0 Å². The monoisotopic (exact) mass is 544 g/mol. The summed E-state index contributed by atoms with van der Waals surface area (Å²) in [6, 6.07) is 9.03. The Balaban J connectivity index is 1.50. The van der Waals surface area contributed by atoms with Crippen LogP contribution in [0.15, 0.2) is 41.3 Å². The van der Waals surface area contributed by atoms with Crippen LogP contribution in [0.25, 0.3) is 11.1 Å². The number of nitrogens with one attached hydrogen (secondary N) is 3. The van der Waals surface area contributed by atoms with E-state index in [-0.39, 0.29) is 24.6 Å². The van der Waals surface area contributed by atoms with Gasteiger partial charge in [0.25, 0.3) is 11.5 Å². The number of aliphatic hydroxyl groups excluding tert-OH is 1. The van der Waals surface area contributed by atoms with Gasteiger partial charge in [0.05, 0.1) is 28.9 Å². The summed E-state index contributed by atoms with van der Waals surface area (Å²) in [6.07, 6.45) is 1.18. The molecule has 1 saturated heterocycles. The molecule has 9 nitrogen and oxygen atoms in total. The molecule has 2 amide bonds. The number of ether oxygens (including phenoxy) is 1. The lowest BCUT2D eigenvalue weighted by Gasteiger charge is -2.19. The smallest absolute Gasteiger partial charge is 0.414 e. The van der Waals surface area contributed by atoms with Gasteiger partial charge < -0.3 is 25.5 Å². The van der Waals surface area contributed by atoms with E-state index in [1.54, 1.807) is 23.2 Å². The second-order valence-electron chi connectivity index (χ2n) is 8.81. The number of aromatic nitrogens is 1. The molecule has 0 bridgehead atoms. The first-order valence-corrected chi connectivity index (χ1v) is 13.1. The Morgan fingerprint density at radius 3 is 2.65 bits per heavy atom. The number of hydrogen-bond acceptors (Lipinski definition) is 7. The van der Waals surface area contributed by atoms with Crippen LogP contribution in [0.3, 0.4) is 0 Å². The molecule has 0 unspecified atom stereocenters. The summed E-state index contributed by atoms with van der Waals surface area (Å²) in [5, 5.41) is 14.9. The zero-order valence-corrected chi connectivity index (χ0v) is 22.2. The number of carbonyl (C=O) groups excluding carboxylic acids is 2. The van der Waals surface area contributed by atoms with E-state index in [2.05, 4.69) is 15.6 Å². The molecule has 4 N–H and O–H groups in total. The molecular weight excluding hydrogens is 516 g/mol. The molecule has 0 spiro atoms. The lowest BCUT2D eigenvalue weighted by atomic mass is 9.91. The number of nitrogens with zero attached hydrogens (tertiary/aromatic N) is 1. The Hall–Kier alpha value is -3.18. The lowest BCUT2D eigenvalue weighted by Crippen LogP contribution is -2.34. The van der Waals surface area contributed by atoms with Gasteiger partial charge in [-0.1, -0.05) is 11.6 Å². The van der Waals surface area contributed by atoms with E-state index >= 15 is 0 Å². The van der Waals surface area contributed by atoms with Gasteiger partial charge in [0.2, 0.25) is 0 Å². The highest BCUT2D eigenvalue weighted by Gasteiger charge is 2.33.